The van der Waals surface area contributed by atoms with E-state index < -0.39 is 0 Å². The first-order valence-corrected chi connectivity index (χ1v) is 14.4. The van der Waals surface area contributed by atoms with Gasteiger partial charge in [-0.05, 0) is 95.5 Å². The number of thiophene rings is 1. The summed E-state index contributed by atoms with van der Waals surface area (Å²) in [6, 6.07) is 30.3. The highest BCUT2D eigenvalue weighted by Gasteiger charge is 2.17. The molecule has 6 rings (SSSR count). The molecular formula is C34H32N2OS. The zero-order valence-corrected chi connectivity index (χ0v) is 23.2. The average Bonchev–Trinajstić information content (AvgIpc) is 3.61. The Morgan fingerprint density at radius 1 is 0.658 bits per heavy atom. The van der Waals surface area contributed by atoms with Gasteiger partial charge in [-0.25, -0.2) is 0 Å². The SMILES string of the molecule is CCC(C)c1ccc2sc3c(-c4ccc(-c5nnc(-c6ccccc6)o5)cc4)cc(C(C)CC)cc3c2c1. The summed E-state index contributed by atoms with van der Waals surface area (Å²) in [6.45, 7) is 9.18. The lowest BCUT2D eigenvalue weighted by molar-refractivity contribution is 0.584. The summed E-state index contributed by atoms with van der Waals surface area (Å²) in [5, 5.41) is 11.3. The number of hydrogen-bond acceptors (Lipinski definition) is 4. The first-order chi connectivity index (χ1) is 18.6. The summed E-state index contributed by atoms with van der Waals surface area (Å²) < 4.78 is 8.70. The third-order valence-corrected chi connectivity index (χ3v) is 9.09. The quantitative estimate of drug-likeness (QED) is 0.212. The lowest BCUT2D eigenvalue weighted by atomic mass is 9.91. The highest BCUT2D eigenvalue weighted by atomic mass is 32.1. The molecule has 0 fully saturated rings. The van der Waals surface area contributed by atoms with E-state index >= 15 is 0 Å². The molecule has 6 aromatic rings. The number of rotatable bonds is 7. The summed E-state index contributed by atoms with van der Waals surface area (Å²) >= 11 is 1.90. The van der Waals surface area contributed by atoms with Crippen LogP contribution in [-0.4, -0.2) is 10.2 Å². The van der Waals surface area contributed by atoms with Crippen molar-refractivity contribution in [2.45, 2.75) is 52.4 Å². The summed E-state index contributed by atoms with van der Waals surface area (Å²) in [5.74, 6) is 2.13. The Morgan fingerprint density at radius 3 is 1.95 bits per heavy atom. The van der Waals surface area contributed by atoms with Gasteiger partial charge < -0.3 is 4.42 Å². The normalized spacial score (nSPS) is 13.3. The molecule has 2 heterocycles. The van der Waals surface area contributed by atoms with Crippen molar-refractivity contribution >= 4 is 31.5 Å². The molecule has 0 spiro atoms. The third kappa shape index (κ3) is 4.43. The Labute approximate surface area is 228 Å². The standard InChI is InChI=1S/C34H32N2OS/c1-5-21(3)26-16-17-31-29(18-26)30-20-27(22(4)6-2)19-28(32(30)38-31)23-12-14-25(15-13-23)34-36-35-33(37-34)24-10-8-7-9-11-24/h7-22H,5-6H2,1-4H3. The van der Waals surface area contributed by atoms with Gasteiger partial charge in [0.15, 0.2) is 0 Å². The number of fused-ring (bicyclic) bond motifs is 3. The molecule has 0 N–H and O–H groups in total. The molecule has 0 aliphatic heterocycles. The maximum Gasteiger partial charge on any atom is 0.248 e. The molecule has 0 aliphatic carbocycles. The molecule has 0 aliphatic rings. The predicted molar refractivity (Wildman–Crippen MR) is 161 cm³/mol. The van der Waals surface area contributed by atoms with Crippen molar-refractivity contribution in [2.75, 3.05) is 0 Å². The molecule has 2 unspecified atom stereocenters. The van der Waals surface area contributed by atoms with Gasteiger partial charge in [0.25, 0.3) is 0 Å². The molecule has 2 atom stereocenters. The van der Waals surface area contributed by atoms with Crippen molar-refractivity contribution in [2.24, 2.45) is 0 Å². The Hall–Kier alpha value is -3.76. The molecule has 0 bridgehead atoms. The van der Waals surface area contributed by atoms with Crippen LogP contribution in [0.15, 0.2) is 89.3 Å². The fourth-order valence-electron chi connectivity index (χ4n) is 5.02. The van der Waals surface area contributed by atoms with Gasteiger partial charge in [-0.15, -0.1) is 21.5 Å². The lowest BCUT2D eigenvalue weighted by Crippen LogP contribution is -1.93. The van der Waals surface area contributed by atoms with E-state index in [1.54, 1.807) is 0 Å². The largest absolute Gasteiger partial charge is 0.416 e. The molecule has 0 saturated heterocycles. The van der Waals surface area contributed by atoms with Crippen LogP contribution in [-0.2, 0) is 0 Å². The minimum atomic E-state index is 0.500. The third-order valence-electron chi connectivity index (χ3n) is 7.87. The highest BCUT2D eigenvalue weighted by molar-refractivity contribution is 7.26. The zero-order chi connectivity index (χ0) is 26.2. The van der Waals surface area contributed by atoms with Crippen LogP contribution in [0.3, 0.4) is 0 Å². The van der Waals surface area contributed by atoms with Crippen molar-refractivity contribution in [3.63, 3.8) is 0 Å². The van der Waals surface area contributed by atoms with Crippen LogP contribution in [0.1, 0.15) is 63.5 Å². The lowest BCUT2D eigenvalue weighted by Gasteiger charge is -2.13. The van der Waals surface area contributed by atoms with E-state index in [0.717, 1.165) is 24.0 Å². The number of aromatic nitrogens is 2. The van der Waals surface area contributed by atoms with E-state index in [2.05, 4.69) is 92.5 Å². The summed E-state index contributed by atoms with van der Waals surface area (Å²) in [6.07, 6.45) is 2.27. The predicted octanol–water partition coefficient (Wildman–Crippen LogP) is 10.5. The van der Waals surface area contributed by atoms with Crippen LogP contribution in [0, 0.1) is 0 Å². The van der Waals surface area contributed by atoms with Gasteiger partial charge in [-0.1, -0.05) is 64.1 Å². The van der Waals surface area contributed by atoms with E-state index in [0.29, 0.717) is 23.6 Å². The van der Waals surface area contributed by atoms with E-state index in [4.69, 9.17) is 4.42 Å². The maximum absolute atomic E-state index is 6.00. The van der Waals surface area contributed by atoms with Crippen molar-refractivity contribution in [3.05, 3.63) is 96.1 Å². The van der Waals surface area contributed by atoms with Crippen LogP contribution in [0.4, 0.5) is 0 Å². The first-order valence-electron chi connectivity index (χ1n) is 13.6. The van der Waals surface area contributed by atoms with Gasteiger partial charge in [0, 0.05) is 31.3 Å². The molecule has 4 heteroatoms. The second kappa shape index (κ2) is 10.2. The minimum Gasteiger partial charge on any atom is -0.416 e. The highest BCUT2D eigenvalue weighted by Crippen LogP contribution is 2.43. The molecule has 0 saturated carbocycles. The molecule has 2 aromatic heterocycles. The second-order valence-corrected chi connectivity index (χ2v) is 11.3. The van der Waals surface area contributed by atoms with Crippen LogP contribution >= 0.6 is 11.3 Å². The van der Waals surface area contributed by atoms with Crippen molar-refractivity contribution < 1.29 is 4.42 Å². The number of benzene rings is 4. The van der Waals surface area contributed by atoms with Crippen LogP contribution in [0.25, 0.3) is 54.2 Å². The molecular weight excluding hydrogens is 484 g/mol. The van der Waals surface area contributed by atoms with E-state index in [-0.39, 0.29) is 0 Å². The molecule has 0 radical (unpaired) electrons. The summed E-state index contributed by atoms with van der Waals surface area (Å²) in [5.41, 5.74) is 7.18. The fraction of sp³-hybridized carbons (Fsp3) is 0.235. The molecule has 38 heavy (non-hydrogen) atoms. The minimum absolute atomic E-state index is 0.500. The summed E-state index contributed by atoms with van der Waals surface area (Å²) in [7, 11) is 0. The Morgan fingerprint density at radius 2 is 1.26 bits per heavy atom. The van der Waals surface area contributed by atoms with Crippen molar-refractivity contribution in [3.8, 4) is 34.0 Å². The average molecular weight is 517 g/mol. The Kier molecular flexibility index (Phi) is 6.59. The van der Waals surface area contributed by atoms with Crippen LogP contribution < -0.4 is 0 Å². The molecule has 4 aromatic carbocycles. The smallest absolute Gasteiger partial charge is 0.248 e. The van der Waals surface area contributed by atoms with Gasteiger partial charge in [0.05, 0.1) is 0 Å². The Bertz CT molecular complexity index is 1710. The van der Waals surface area contributed by atoms with E-state index in [9.17, 15) is 0 Å². The van der Waals surface area contributed by atoms with E-state index in [1.165, 1.54) is 42.4 Å². The van der Waals surface area contributed by atoms with Crippen LogP contribution in [0.2, 0.25) is 0 Å². The molecule has 0 amide bonds. The fourth-order valence-corrected chi connectivity index (χ4v) is 6.23. The number of nitrogens with zero attached hydrogens (tertiary/aromatic N) is 2. The van der Waals surface area contributed by atoms with E-state index in [1.807, 2.05) is 41.7 Å². The Balaban J connectivity index is 1.44. The second-order valence-electron chi connectivity index (χ2n) is 10.3. The van der Waals surface area contributed by atoms with Gasteiger partial charge in [0.1, 0.15) is 0 Å². The van der Waals surface area contributed by atoms with Gasteiger partial charge in [0.2, 0.25) is 11.8 Å². The molecule has 190 valence electrons. The van der Waals surface area contributed by atoms with Crippen molar-refractivity contribution in [1.82, 2.24) is 10.2 Å². The van der Waals surface area contributed by atoms with Crippen molar-refractivity contribution in [1.29, 1.82) is 0 Å². The van der Waals surface area contributed by atoms with Crippen LogP contribution in [0.5, 0.6) is 0 Å². The monoisotopic (exact) mass is 516 g/mol. The number of hydrogen-bond donors (Lipinski definition) is 0. The molecule has 3 nitrogen and oxygen atoms in total. The van der Waals surface area contributed by atoms with Gasteiger partial charge >= 0.3 is 0 Å². The van der Waals surface area contributed by atoms with Gasteiger partial charge in [-0.3, -0.25) is 0 Å². The topological polar surface area (TPSA) is 38.9 Å². The zero-order valence-electron chi connectivity index (χ0n) is 22.4. The maximum atomic E-state index is 6.00. The summed E-state index contributed by atoms with van der Waals surface area (Å²) in [4.78, 5) is 0. The van der Waals surface area contributed by atoms with Gasteiger partial charge in [-0.2, -0.15) is 0 Å². The first kappa shape index (κ1) is 24.6.